The largest absolute Gasteiger partial charge is 0.446 e. The number of methoxy groups -OCH3 is 1. The lowest BCUT2D eigenvalue weighted by atomic mass is 9.85. The predicted octanol–water partition coefficient (Wildman–Crippen LogP) is 1.63. The first kappa shape index (κ1) is 12.6. The van der Waals surface area contributed by atoms with Gasteiger partial charge in [-0.3, -0.25) is 0 Å². The van der Waals surface area contributed by atoms with Crippen LogP contribution in [0.5, 0.6) is 0 Å². The van der Waals surface area contributed by atoms with E-state index < -0.39 is 6.09 Å². The number of hydrogen-bond donors (Lipinski definition) is 1. The number of ether oxygens (including phenoxy) is 2. The third-order valence-electron chi connectivity index (χ3n) is 2.85. The molecule has 1 aliphatic carbocycles. The number of carbonyl (C=O) groups excluding carboxylic acids is 1. The van der Waals surface area contributed by atoms with Gasteiger partial charge in [0.25, 0.3) is 0 Å². The van der Waals surface area contributed by atoms with Crippen molar-refractivity contribution in [1.29, 1.82) is 0 Å². The van der Waals surface area contributed by atoms with Crippen LogP contribution in [0.25, 0.3) is 0 Å². The van der Waals surface area contributed by atoms with Crippen molar-refractivity contribution in [2.24, 2.45) is 11.7 Å². The van der Waals surface area contributed by atoms with Crippen LogP contribution >= 0.6 is 11.8 Å². The molecule has 2 N–H and O–H groups in total. The van der Waals surface area contributed by atoms with Crippen molar-refractivity contribution in [3.05, 3.63) is 0 Å². The summed E-state index contributed by atoms with van der Waals surface area (Å²) >= 11 is 1.76. The van der Waals surface area contributed by atoms with E-state index in [4.69, 9.17) is 15.2 Å². The first-order valence-electron chi connectivity index (χ1n) is 5.15. The van der Waals surface area contributed by atoms with Gasteiger partial charge in [0.15, 0.2) is 0 Å². The highest BCUT2D eigenvalue weighted by Gasteiger charge is 2.32. The van der Waals surface area contributed by atoms with Crippen molar-refractivity contribution in [3.63, 3.8) is 0 Å². The molecule has 1 fully saturated rings. The molecule has 1 amide bonds. The van der Waals surface area contributed by atoms with Gasteiger partial charge in [-0.1, -0.05) is 0 Å². The highest BCUT2D eigenvalue weighted by Crippen LogP contribution is 2.30. The number of nitrogens with two attached hydrogens (primary N) is 1. The van der Waals surface area contributed by atoms with Crippen molar-refractivity contribution in [3.8, 4) is 0 Å². The van der Waals surface area contributed by atoms with Gasteiger partial charge < -0.3 is 15.2 Å². The fraction of sp³-hybridized carbons (Fsp3) is 0.900. The molecule has 88 valence electrons. The molecule has 1 rings (SSSR count). The van der Waals surface area contributed by atoms with E-state index in [9.17, 15) is 4.79 Å². The molecule has 5 heteroatoms. The Hall–Kier alpha value is -0.420. The highest BCUT2D eigenvalue weighted by molar-refractivity contribution is 7.98. The second kappa shape index (κ2) is 6.23. The monoisotopic (exact) mass is 233 g/mol. The molecule has 0 spiro atoms. The Kier molecular flexibility index (Phi) is 5.25. The molecule has 3 atom stereocenters. The third kappa shape index (κ3) is 3.91. The summed E-state index contributed by atoms with van der Waals surface area (Å²) in [5, 5.41) is 0. The van der Waals surface area contributed by atoms with Crippen molar-refractivity contribution in [1.82, 2.24) is 0 Å². The molecule has 15 heavy (non-hydrogen) atoms. The second-order valence-corrected chi connectivity index (χ2v) is 4.77. The zero-order chi connectivity index (χ0) is 11.3. The SMILES string of the molecule is CO[C@@H]1CC[C@H](OC(N)=O)[C@H](CSC)C1. The normalized spacial score (nSPS) is 31.2. The van der Waals surface area contributed by atoms with Crippen LogP contribution in [0.1, 0.15) is 19.3 Å². The van der Waals surface area contributed by atoms with Gasteiger partial charge in [-0.2, -0.15) is 11.8 Å². The molecule has 0 aromatic rings. The fourth-order valence-electron chi connectivity index (χ4n) is 2.10. The number of rotatable bonds is 4. The van der Waals surface area contributed by atoms with Gasteiger partial charge in [0.1, 0.15) is 6.10 Å². The summed E-state index contributed by atoms with van der Waals surface area (Å²) in [6, 6.07) is 0. The maximum atomic E-state index is 10.7. The molecule has 0 saturated heterocycles. The van der Waals surface area contributed by atoms with Gasteiger partial charge in [-0.15, -0.1) is 0 Å². The Morgan fingerprint density at radius 3 is 2.80 bits per heavy atom. The van der Waals surface area contributed by atoms with Gasteiger partial charge >= 0.3 is 6.09 Å². The summed E-state index contributed by atoms with van der Waals surface area (Å²) in [4.78, 5) is 10.7. The first-order chi connectivity index (χ1) is 7.17. The minimum absolute atomic E-state index is 0.0265. The Morgan fingerprint density at radius 1 is 1.53 bits per heavy atom. The van der Waals surface area contributed by atoms with E-state index >= 15 is 0 Å². The predicted molar refractivity (Wildman–Crippen MR) is 61.0 cm³/mol. The number of carbonyl (C=O) groups is 1. The zero-order valence-electron chi connectivity index (χ0n) is 9.27. The fourth-order valence-corrected chi connectivity index (χ4v) is 2.88. The topological polar surface area (TPSA) is 61.6 Å². The molecule has 0 unspecified atom stereocenters. The van der Waals surface area contributed by atoms with Crippen molar-refractivity contribution >= 4 is 17.9 Å². The molecule has 0 bridgehead atoms. The van der Waals surface area contributed by atoms with E-state index in [1.807, 2.05) is 0 Å². The van der Waals surface area contributed by atoms with Gasteiger partial charge in [-0.05, 0) is 31.3 Å². The average molecular weight is 233 g/mol. The molecule has 0 aliphatic heterocycles. The maximum Gasteiger partial charge on any atom is 0.404 e. The van der Waals surface area contributed by atoms with E-state index in [2.05, 4.69) is 6.26 Å². The molecule has 1 saturated carbocycles. The van der Waals surface area contributed by atoms with Crippen molar-refractivity contribution < 1.29 is 14.3 Å². The number of primary amides is 1. The van der Waals surface area contributed by atoms with Gasteiger partial charge in [0.05, 0.1) is 6.10 Å². The number of hydrogen-bond acceptors (Lipinski definition) is 4. The molecule has 0 heterocycles. The van der Waals surface area contributed by atoms with E-state index in [0.717, 1.165) is 25.0 Å². The van der Waals surface area contributed by atoms with Crippen molar-refractivity contribution in [2.45, 2.75) is 31.5 Å². The van der Waals surface area contributed by atoms with Crippen molar-refractivity contribution in [2.75, 3.05) is 19.1 Å². The first-order valence-corrected chi connectivity index (χ1v) is 6.54. The van der Waals surface area contributed by atoms with Gasteiger partial charge in [-0.25, -0.2) is 4.79 Å². The van der Waals surface area contributed by atoms with E-state index in [-0.39, 0.29) is 6.10 Å². The summed E-state index contributed by atoms with van der Waals surface area (Å²) in [6.07, 6.45) is 4.41. The van der Waals surface area contributed by atoms with Gasteiger partial charge in [0.2, 0.25) is 0 Å². The number of amides is 1. The summed E-state index contributed by atoms with van der Waals surface area (Å²) in [7, 11) is 1.73. The molecular weight excluding hydrogens is 214 g/mol. The molecule has 0 radical (unpaired) electrons. The Bertz CT molecular complexity index is 213. The molecular formula is C10H19NO3S. The lowest BCUT2D eigenvalue weighted by molar-refractivity contribution is -0.0132. The summed E-state index contributed by atoms with van der Waals surface area (Å²) in [6.45, 7) is 0. The molecule has 4 nitrogen and oxygen atoms in total. The van der Waals surface area contributed by atoms with Gasteiger partial charge in [0, 0.05) is 13.0 Å². The van der Waals surface area contributed by atoms with Crippen LogP contribution in [0.15, 0.2) is 0 Å². The standard InChI is InChI=1S/C10H19NO3S/c1-13-8-3-4-9(14-10(11)12)7(5-8)6-15-2/h7-9H,3-6H2,1-2H3,(H2,11,12)/t7-,8+,9-/m0/s1. The lowest BCUT2D eigenvalue weighted by Crippen LogP contribution is -2.38. The van der Waals surface area contributed by atoms with Crippen LogP contribution in [0, 0.1) is 5.92 Å². The zero-order valence-corrected chi connectivity index (χ0v) is 10.1. The highest BCUT2D eigenvalue weighted by atomic mass is 32.2. The van der Waals surface area contributed by atoms with E-state index in [1.165, 1.54) is 0 Å². The van der Waals surface area contributed by atoms with Crippen LogP contribution < -0.4 is 5.73 Å². The minimum atomic E-state index is -0.665. The number of thioether (sulfide) groups is 1. The molecule has 0 aromatic carbocycles. The van der Waals surface area contributed by atoms with E-state index in [1.54, 1.807) is 18.9 Å². The van der Waals surface area contributed by atoms with E-state index in [0.29, 0.717) is 12.0 Å². The molecule has 0 aromatic heterocycles. The van der Waals surface area contributed by atoms with Crippen LogP contribution in [-0.4, -0.2) is 37.4 Å². The summed E-state index contributed by atoms with van der Waals surface area (Å²) < 4.78 is 10.5. The maximum absolute atomic E-state index is 10.7. The molecule has 1 aliphatic rings. The Morgan fingerprint density at radius 2 is 2.27 bits per heavy atom. The Balaban J connectivity index is 2.50. The Labute approximate surface area is 94.9 Å². The van der Waals surface area contributed by atoms with Crippen LogP contribution in [0.4, 0.5) is 4.79 Å². The quantitative estimate of drug-likeness (QED) is 0.801. The summed E-state index contributed by atoms with van der Waals surface area (Å²) in [5.74, 6) is 1.35. The second-order valence-electron chi connectivity index (χ2n) is 3.86. The van der Waals surface area contributed by atoms with Crippen LogP contribution in [0.3, 0.4) is 0 Å². The lowest BCUT2D eigenvalue weighted by Gasteiger charge is -2.34. The van der Waals surface area contributed by atoms with Crippen LogP contribution in [-0.2, 0) is 9.47 Å². The summed E-state index contributed by atoms with van der Waals surface area (Å²) in [5.41, 5.74) is 5.05. The minimum Gasteiger partial charge on any atom is -0.446 e. The van der Waals surface area contributed by atoms with Crippen LogP contribution in [0.2, 0.25) is 0 Å². The third-order valence-corrected chi connectivity index (χ3v) is 3.61. The smallest absolute Gasteiger partial charge is 0.404 e. The average Bonchev–Trinajstić information content (AvgIpc) is 2.20.